The third-order valence-corrected chi connectivity index (χ3v) is 5.33. The molecule has 0 radical (unpaired) electrons. The van der Waals surface area contributed by atoms with E-state index >= 15 is 0 Å². The zero-order valence-electron chi connectivity index (χ0n) is 15.3. The molecule has 1 aliphatic heterocycles. The second kappa shape index (κ2) is 7.06. The lowest BCUT2D eigenvalue weighted by Gasteiger charge is -2.26. The van der Waals surface area contributed by atoms with Crippen LogP contribution in [-0.4, -0.2) is 43.0 Å². The summed E-state index contributed by atoms with van der Waals surface area (Å²) in [6, 6.07) is 3.73. The number of hydrogen-bond acceptors (Lipinski definition) is 5. The van der Waals surface area contributed by atoms with Gasteiger partial charge in [0.05, 0.1) is 6.54 Å². The summed E-state index contributed by atoms with van der Waals surface area (Å²) in [4.78, 5) is 37.5. The standard InChI is InChI=1S/C20H22N2O5/c1-12-16(26-11-18(24)22-9-8-21-17(23)10-22)7-6-14-13-4-2-3-5-15(13)20(25)27-19(12)14/h6-7H,2-5,8-11H2,1H3,(H,21,23). The van der Waals surface area contributed by atoms with Gasteiger partial charge in [0.15, 0.2) is 6.61 Å². The van der Waals surface area contributed by atoms with Crippen LogP contribution >= 0.6 is 0 Å². The number of fused-ring (bicyclic) bond motifs is 3. The minimum atomic E-state index is -0.271. The highest BCUT2D eigenvalue weighted by atomic mass is 16.5. The van der Waals surface area contributed by atoms with Gasteiger partial charge in [0.25, 0.3) is 5.91 Å². The van der Waals surface area contributed by atoms with E-state index in [1.807, 2.05) is 19.1 Å². The van der Waals surface area contributed by atoms with Gasteiger partial charge in [0.1, 0.15) is 11.3 Å². The van der Waals surface area contributed by atoms with Gasteiger partial charge in [-0.15, -0.1) is 0 Å². The second-order valence-electron chi connectivity index (χ2n) is 7.07. The van der Waals surface area contributed by atoms with Gasteiger partial charge >= 0.3 is 5.63 Å². The van der Waals surface area contributed by atoms with Crippen molar-refractivity contribution in [1.82, 2.24) is 10.2 Å². The highest BCUT2D eigenvalue weighted by Crippen LogP contribution is 2.32. The van der Waals surface area contributed by atoms with E-state index in [2.05, 4.69) is 5.32 Å². The molecule has 27 heavy (non-hydrogen) atoms. The lowest BCUT2D eigenvalue weighted by molar-refractivity contribution is -0.139. The average molecular weight is 370 g/mol. The molecule has 142 valence electrons. The summed E-state index contributed by atoms with van der Waals surface area (Å²) in [7, 11) is 0. The fourth-order valence-corrected chi connectivity index (χ4v) is 3.86. The molecule has 1 aromatic heterocycles. The Hall–Kier alpha value is -2.83. The lowest BCUT2D eigenvalue weighted by atomic mass is 9.90. The van der Waals surface area contributed by atoms with E-state index in [9.17, 15) is 14.4 Å². The van der Waals surface area contributed by atoms with Gasteiger partial charge in [0, 0.05) is 29.6 Å². The molecular formula is C20H22N2O5. The van der Waals surface area contributed by atoms with Crippen molar-refractivity contribution >= 4 is 22.8 Å². The normalized spacial score (nSPS) is 16.8. The molecule has 7 heteroatoms. The van der Waals surface area contributed by atoms with Crippen LogP contribution < -0.4 is 15.7 Å². The van der Waals surface area contributed by atoms with Gasteiger partial charge in [0.2, 0.25) is 5.91 Å². The van der Waals surface area contributed by atoms with Gasteiger partial charge in [-0.1, -0.05) is 0 Å². The van der Waals surface area contributed by atoms with Crippen LogP contribution in [-0.2, 0) is 22.4 Å². The number of piperazine rings is 1. The van der Waals surface area contributed by atoms with Crippen LogP contribution in [0.15, 0.2) is 21.3 Å². The minimum Gasteiger partial charge on any atom is -0.483 e. The molecule has 0 saturated carbocycles. The smallest absolute Gasteiger partial charge is 0.339 e. The maximum absolute atomic E-state index is 12.3. The zero-order valence-corrected chi connectivity index (χ0v) is 15.3. The van der Waals surface area contributed by atoms with Gasteiger partial charge in [-0.05, 0) is 50.3 Å². The number of aryl methyl sites for hydroxylation is 2. The molecule has 0 atom stereocenters. The molecule has 0 unspecified atom stereocenters. The first kappa shape index (κ1) is 17.6. The molecule has 7 nitrogen and oxygen atoms in total. The minimum absolute atomic E-state index is 0.0555. The monoisotopic (exact) mass is 370 g/mol. The summed E-state index contributed by atoms with van der Waals surface area (Å²) in [5.74, 6) is 0.107. The molecule has 0 bridgehead atoms. The SMILES string of the molecule is Cc1c(OCC(=O)N2CCNC(=O)C2)ccc2c3c(c(=O)oc12)CCCC3. The number of hydrogen-bond donors (Lipinski definition) is 1. The molecular weight excluding hydrogens is 348 g/mol. The number of carbonyl (C=O) groups excluding carboxylic acids is 2. The largest absolute Gasteiger partial charge is 0.483 e. The van der Waals surface area contributed by atoms with Crippen molar-refractivity contribution in [3.8, 4) is 5.75 Å². The predicted octanol–water partition coefficient (Wildman–Crippen LogP) is 1.32. The summed E-state index contributed by atoms with van der Waals surface area (Å²) >= 11 is 0. The van der Waals surface area contributed by atoms with E-state index in [0.717, 1.165) is 42.2 Å². The van der Waals surface area contributed by atoms with Crippen molar-refractivity contribution in [3.05, 3.63) is 39.2 Å². The number of benzene rings is 1. The van der Waals surface area contributed by atoms with Gasteiger partial charge in [-0.2, -0.15) is 0 Å². The summed E-state index contributed by atoms with van der Waals surface area (Å²) in [6.45, 7) is 2.66. The number of carbonyl (C=O) groups is 2. The van der Waals surface area contributed by atoms with E-state index in [1.165, 1.54) is 4.90 Å². The Morgan fingerprint density at radius 3 is 2.78 bits per heavy atom. The summed E-state index contributed by atoms with van der Waals surface area (Å²) < 4.78 is 11.3. The summed E-state index contributed by atoms with van der Waals surface area (Å²) in [6.07, 6.45) is 3.73. The highest BCUT2D eigenvalue weighted by Gasteiger charge is 2.23. The Morgan fingerprint density at radius 1 is 1.22 bits per heavy atom. The van der Waals surface area contributed by atoms with Crippen molar-refractivity contribution in [3.63, 3.8) is 0 Å². The molecule has 1 N–H and O–H groups in total. The fourth-order valence-electron chi connectivity index (χ4n) is 3.86. The van der Waals surface area contributed by atoms with Gasteiger partial charge < -0.3 is 19.4 Å². The summed E-state index contributed by atoms with van der Waals surface area (Å²) in [5.41, 5.74) is 2.84. The van der Waals surface area contributed by atoms with Crippen LogP contribution in [0.3, 0.4) is 0 Å². The van der Waals surface area contributed by atoms with E-state index in [1.54, 1.807) is 0 Å². The van der Waals surface area contributed by atoms with Crippen molar-refractivity contribution < 1.29 is 18.7 Å². The number of nitrogens with zero attached hydrogens (tertiary/aromatic N) is 1. The van der Waals surface area contributed by atoms with E-state index in [-0.39, 0.29) is 30.6 Å². The first-order valence-electron chi connectivity index (χ1n) is 9.30. The molecule has 1 fully saturated rings. The van der Waals surface area contributed by atoms with E-state index in [4.69, 9.17) is 9.15 Å². The highest BCUT2D eigenvalue weighted by molar-refractivity contribution is 5.87. The Morgan fingerprint density at radius 2 is 2.00 bits per heavy atom. The average Bonchev–Trinajstić information content (AvgIpc) is 2.68. The topological polar surface area (TPSA) is 88.9 Å². The van der Waals surface area contributed by atoms with E-state index < -0.39 is 0 Å². The van der Waals surface area contributed by atoms with Crippen LogP contribution in [0.2, 0.25) is 0 Å². The molecule has 2 heterocycles. The lowest BCUT2D eigenvalue weighted by Crippen LogP contribution is -2.51. The number of ether oxygens (including phenoxy) is 1. The van der Waals surface area contributed by atoms with E-state index in [0.29, 0.717) is 30.0 Å². The predicted molar refractivity (Wildman–Crippen MR) is 98.9 cm³/mol. The molecule has 1 saturated heterocycles. The Kier molecular flexibility index (Phi) is 4.59. The van der Waals surface area contributed by atoms with Gasteiger partial charge in [-0.3, -0.25) is 9.59 Å². The first-order chi connectivity index (χ1) is 13.0. The maximum atomic E-state index is 12.3. The van der Waals surface area contributed by atoms with Crippen molar-refractivity contribution in [2.24, 2.45) is 0 Å². The maximum Gasteiger partial charge on any atom is 0.339 e. The third kappa shape index (κ3) is 3.29. The van der Waals surface area contributed by atoms with Crippen LogP contribution in [0, 0.1) is 6.92 Å². The molecule has 1 aliphatic carbocycles. The van der Waals surface area contributed by atoms with Crippen LogP contribution in [0.25, 0.3) is 11.0 Å². The Balaban J connectivity index is 1.58. The van der Waals surface area contributed by atoms with Crippen molar-refractivity contribution in [2.75, 3.05) is 26.2 Å². The number of rotatable bonds is 3. The molecule has 0 spiro atoms. The van der Waals surface area contributed by atoms with Gasteiger partial charge in [-0.25, -0.2) is 4.79 Å². The Bertz CT molecular complexity index is 978. The molecule has 2 aliphatic rings. The number of amides is 2. The molecule has 2 aromatic rings. The molecule has 4 rings (SSSR count). The fraction of sp³-hybridized carbons (Fsp3) is 0.450. The Labute approximate surface area is 156 Å². The van der Waals surface area contributed by atoms with Crippen LogP contribution in [0.1, 0.15) is 29.5 Å². The second-order valence-corrected chi connectivity index (χ2v) is 7.07. The zero-order chi connectivity index (χ0) is 19.0. The molecule has 2 amide bonds. The third-order valence-electron chi connectivity index (χ3n) is 5.33. The van der Waals surface area contributed by atoms with Crippen molar-refractivity contribution in [1.29, 1.82) is 0 Å². The first-order valence-corrected chi connectivity index (χ1v) is 9.30. The molecule has 1 aromatic carbocycles. The van der Waals surface area contributed by atoms with Crippen molar-refractivity contribution in [2.45, 2.75) is 32.6 Å². The quantitative estimate of drug-likeness (QED) is 0.823. The van der Waals surface area contributed by atoms with Crippen LogP contribution in [0.4, 0.5) is 0 Å². The summed E-state index contributed by atoms with van der Waals surface area (Å²) in [5, 5.41) is 3.64. The van der Waals surface area contributed by atoms with Crippen LogP contribution in [0.5, 0.6) is 5.75 Å². The number of nitrogens with one attached hydrogen (secondary N) is 1.